The van der Waals surface area contributed by atoms with Gasteiger partial charge in [0.1, 0.15) is 11.5 Å². The molecule has 0 spiro atoms. The van der Waals surface area contributed by atoms with Crippen LogP contribution < -0.4 is 20.1 Å². The highest BCUT2D eigenvalue weighted by molar-refractivity contribution is 7.80. The van der Waals surface area contributed by atoms with Gasteiger partial charge < -0.3 is 14.8 Å². The maximum Gasteiger partial charge on any atom is 0.416 e. The minimum Gasteiger partial charge on any atom is -0.497 e. The summed E-state index contributed by atoms with van der Waals surface area (Å²) in [7, 11) is 2.87. The van der Waals surface area contributed by atoms with Crippen LogP contribution in [0.2, 0.25) is 0 Å². The summed E-state index contributed by atoms with van der Waals surface area (Å²) in [5.41, 5.74) is -0.526. The van der Waals surface area contributed by atoms with Crippen LogP contribution in [0.15, 0.2) is 42.5 Å². The van der Waals surface area contributed by atoms with Gasteiger partial charge in [-0.1, -0.05) is 6.07 Å². The van der Waals surface area contributed by atoms with Crippen LogP contribution >= 0.6 is 12.2 Å². The highest BCUT2D eigenvalue weighted by atomic mass is 32.1. The molecule has 2 aromatic rings. The third kappa shape index (κ3) is 4.85. The summed E-state index contributed by atoms with van der Waals surface area (Å²) in [5.74, 6) is 0.195. The number of amides is 1. The number of thiocarbonyl (C=S) groups is 1. The number of benzene rings is 2. The molecule has 0 aromatic heterocycles. The average molecular weight is 384 g/mol. The third-order valence-corrected chi connectivity index (χ3v) is 3.53. The molecule has 2 N–H and O–H groups in total. The van der Waals surface area contributed by atoms with Gasteiger partial charge in [-0.05, 0) is 42.5 Å². The fourth-order valence-corrected chi connectivity index (χ4v) is 2.30. The Hall–Kier alpha value is -2.81. The molecule has 0 unspecified atom stereocenters. The largest absolute Gasteiger partial charge is 0.497 e. The van der Waals surface area contributed by atoms with Crippen molar-refractivity contribution in [3.05, 3.63) is 53.6 Å². The van der Waals surface area contributed by atoms with Crippen LogP contribution in [0.5, 0.6) is 11.5 Å². The SMILES string of the molecule is COc1ccc(C(=O)NC(=S)Nc2cccc(C(F)(F)F)c2)c(OC)c1. The summed E-state index contributed by atoms with van der Waals surface area (Å²) in [6, 6.07) is 9.06. The highest BCUT2D eigenvalue weighted by Crippen LogP contribution is 2.30. The monoisotopic (exact) mass is 384 g/mol. The Kier molecular flexibility index (Phi) is 6.04. The van der Waals surface area contributed by atoms with Crippen LogP contribution in [0.4, 0.5) is 18.9 Å². The molecular formula is C17H15F3N2O3S. The van der Waals surface area contributed by atoms with Crippen molar-refractivity contribution in [1.29, 1.82) is 0 Å². The summed E-state index contributed by atoms with van der Waals surface area (Å²) < 4.78 is 48.4. The van der Waals surface area contributed by atoms with E-state index in [0.717, 1.165) is 12.1 Å². The second-order valence-electron chi connectivity index (χ2n) is 5.05. The second kappa shape index (κ2) is 8.05. The topological polar surface area (TPSA) is 59.6 Å². The van der Waals surface area contributed by atoms with Gasteiger partial charge in [-0.3, -0.25) is 10.1 Å². The van der Waals surface area contributed by atoms with Crippen molar-refractivity contribution in [1.82, 2.24) is 5.32 Å². The summed E-state index contributed by atoms with van der Waals surface area (Å²) >= 11 is 4.99. The lowest BCUT2D eigenvalue weighted by atomic mass is 10.1. The molecule has 0 saturated heterocycles. The van der Waals surface area contributed by atoms with Crippen molar-refractivity contribution in [3.8, 4) is 11.5 Å². The molecule has 0 bridgehead atoms. The first-order chi connectivity index (χ1) is 12.2. The van der Waals surface area contributed by atoms with E-state index in [4.69, 9.17) is 21.7 Å². The van der Waals surface area contributed by atoms with E-state index < -0.39 is 17.6 Å². The average Bonchev–Trinajstić information content (AvgIpc) is 2.60. The van der Waals surface area contributed by atoms with Crippen molar-refractivity contribution in [3.63, 3.8) is 0 Å². The molecule has 2 aromatic carbocycles. The molecular weight excluding hydrogens is 369 g/mol. The van der Waals surface area contributed by atoms with E-state index in [1.807, 2.05) is 0 Å². The molecule has 0 heterocycles. The lowest BCUT2D eigenvalue weighted by Crippen LogP contribution is -2.34. The Labute approximate surface area is 153 Å². The summed E-state index contributed by atoms with van der Waals surface area (Å²) in [6.45, 7) is 0. The Bertz CT molecular complexity index is 825. The van der Waals surface area contributed by atoms with Gasteiger partial charge in [0.05, 0.1) is 25.3 Å². The van der Waals surface area contributed by atoms with Gasteiger partial charge in [0.25, 0.3) is 5.91 Å². The van der Waals surface area contributed by atoms with Gasteiger partial charge >= 0.3 is 6.18 Å². The quantitative estimate of drug-likeness (QED) is 0.785. The van der Waals surface area contributed by atoms with E-state index in [9.17, 15) is 18.0 Å². The number of ether oxygens (including phenoxy) is 2. The second-order valence-corrected chi connectivity index (χ2v) is 5.46. The van der Waals surface area contributed by atoms with Crippen LogP contribution in [0.1, 0.15) is 15.9 Å². The molecule has 9 heteroatoms. The van der Waals surface area contributed by atoms with Crippen LogP contribution in [0.3, 0.4) is 0 Å². The number of carbonyl (C=O) groups excluding carboxylic acids is 1. The van der Waals surface area contributed by atoms with Crippen molar-refractivity contribution in [2.75, 3.05) is 19.5 Å². The van der Waals surface area contributed by atoms with Crippen molar-refractivity contribution < 1.29 is 27.4 Å². The molecule has 2 rings (SSSR count). The van der Waals surface area contributed by atoms with Crippen molar-refractivity contribution in [2.45, 2.75) is 6.18 Å². The zero-order valence-corrected chi connectivity index (χ0v) is 14.6. The first-order valence-electron chi connectivity index (χ1n) is 7.26. The molecule has 0 fully saturated rings. The Morgan fingerprint density at radius 2 is 1.81 bits per heavy atom. The Balaban J connectivity index is 2.10. The number of rotatable bonds is 4. The van der Waals surface area contributed by atoms with E-state index in [2.05, 4.69) is 10.6 Å². The maximum atomic E-state index is 12.7. The molecule has 138 valence electrons. The summed E-state index contributed by atoms with van der Waals surface area (Å²) in [5, 5.41) is 4.80. The normalized spacial score (nSPS) is 10.8. The number of anilines is 1. The van der Waals surface area contributed by atoms with Gasteiger partial charge in [-0.2, -0.15) is 13.2 Å². The van der Waals surface area contributed by atoms with Gasteiger partial charge in [-0.15, -0.1) is 0 Å². The van der Waals surface area contributed by atoms with Crippen molar-refractivity contribution >= 4 is 28.9 Å². The lowest BCUT2D eigenvalue weighted by Gasteiger charge is -2.13. The zero-order chi connectivity index (χ0) is 19.3. The van der Waals surface area contributed by atoms with Crippen LogP contribution in [-0.4, -0.2) is 25.2 Å². The molecule has 1 amide bonds. The standard InChI is InChI=1S/C17H15F3N2O3S/c1-24-12-6-7-13(14(9-12)25-2)15(23)22-16(26)21-11-5-3-4-10(8-11)17(18,19)20/h3-9H,1-2H3,(H2,21,22,23,26). The molecule has 5 nitrogen and oxygen atoms in total. The number of halogens is 3. The van der Waals surface area contributed by atoms with Crippen molar-refractivity contribution in [2.24, 2.45) is 0 Å². The number of alkyl halides is 3. The number of hydrogen-bond donors (Lipinski definition) is 2. The minimum atomic E-state index is -4.47. The van der Waals surface area contributed by atoms with Gasteiger partial charge in [0.2, 0.25) is 0 Å². The van der Waals surface area contributed by atoms with Gasteiger partial charge in [-0.25, -0.2) is 0 Å². The van der Waals surface area contributed by atoms with E-state index in [-0.39, 0.29) is 22.1 Å². The molecule has 0 atom stereocenters. The molecule has 0 aliphatic carbocycles. The first kappa shape index (κ1) is 19.5. The molecule has 0 aliphatic heterocycles. The minimum absolute atomic E-state index is 0.104. The van der Waals surface area contributed by atoms with E-state index in [1.54, 1.807) is 6.07 Å². The predicted molar refractivity (Wildman–Crippen MR) is 94.7 cm³/mol. The lowest BCUT2D eigenvalue weighted by molar-refractivity contribution is -0.137. The van der Waals surface area contributed by atoms with Crippen LogP contribution in [0.25, 0.3) is 0 Å². The highest BCUT2D eigenvalue weighted by Gasteiger charge is 2.30. The first-order valence-corrected chi connectivity index (χ1v) is 7.67. The van der Waals surface area contributed by atoms with E-state index >= 15 is 0 Å². The number of methoxy groups -OCH3 is 2. The fourth-order valence-electron chi connectivity index (χ4n) is 2.09. The molecule has 0 aliphatic rings. The molecule has 26 heavy (non-hydrogen) atoms. The summed E-state index contributed by atoms with van der Waals surface area (Å²) in [4.78, 5) is 12.3. The fraction of sp³-hybridized carbons (Fsp3) is 0.176. The Morgan fingerprint density at radius 3 is 2.42 bits per heavy atom. The van der Waals surface area contributed by atoms with E-state index in [1.165, 1.54) is 38.5 Å². The Morgan fingerprint density at radius 1 is 1.08 bits per heavy atom. The smallest absolute Gasteiger partial charge is 0.416 e. The van der Waals surface area contributed by atoms with Crippen LogP contribution in [-0.2, 0) is 6.18 Å². The zero-order valence-electron chi connectivity index (χ0n) is 13.8. The third-order valence-electron chi connectivity index (χ3n) is 3.33. The molecule has 0 radical (unpaired) electrons. The maximum absolute atomic E-state index is 12.7. The number of hydrogen-bond acceptors (Lipinski definition) is 4. The van der Waals surface area contributed by atoms with Crippen LogP contribution in [0, 0.1) is 0 Å². The predicted octanol–water partition coefficient (Wildman–Crippen LogP) is 3.85. The van der Waals surface area contributed by atoms with Gasteiger partial charge in [0.15, 0.2) is 5.11 Å². The summed E-state index contributed by atoms with van der Waals surface area (Å²) in [6.07, 6.45) is -4.47. The van der Waals surface area contributed by atoms with Gasteiger partial charge in [0, 0.05) is 11.8 Å². The molecule has 0 saturated carbocycles. The number of carbonyl (C=O) groups is 1. The van der Waals surface area contributed by atoms with E-state index in [0.29, 0.717) is 5.75 Å². The number of nitrogens with one attached hydrogen (secondary N) is 2.